The smallest absolute Gasteiger partial charge is 0.420 e. The Kier molecular flexibility index (Phi) is 3.33. The third-order valence-corrected chi connectivity index (χ3v) is 2.13. The molecule has 0 amide bonds. The Balaban J connectivity index is 3.79. The van der Waals surface area contributed by atoms with Crippen LogP contribution in [-0.4, -0.2) is 10.9 Å². The molecule has 1 aromatic rings. The lowest BCUT2D eigenvalue weighted by Crippen LogP contribution is -2.20. The number of phenolic OH excluding ortho intramolecular Hbond substituents is 1. The number of aromatic hydroxyl groups is 1. The Morgan fingerprint density at radius 2 is 1.44 bits per heavy atom. The highest BCUT2D eigenvalue weighted by Crippen LogP contribution is 2.46. The van der Waals surface area contributed by atoms with Crippen LogP contribution in [0.4, 0.5) is 26.3 Å². The van der Waals surface area contributed by atoms with Crippen molar-refractivity contribution in [2.75, 3.05) is 0 Å². The molecular weight excluding hydrogens is 266 g/mol. The summed E-state index contributed by atoms with van der Waals surface area (Å²) in [5.41, 5.74) is -5.54. The standard InChI is InChI=1S/C10H6F6O2/c1-4(17)5-2-3-6(18)8(10(14,15)16)7(5)9(11,12)13/h2-3,18H,1H3. The second kappa shape index (κ2) is 4.18. The summed E-state index contributed by atoms with van der Waals surface area (Å²) in [7, 11) is 0. The van der Waals surface area contributed by atoms with Gasteiger partial charge in [-0.1, -0.05) is 0 Å². The predicted molar refractivity (Wildman–Crippen MR) is 48.1 cm³/mol. The molecule has 1 rings (SSSR count). The zero-order valence-electron chi connectivity index (χ0n) is 8.78. The third-order valence-electron chi connectivity index (χ3n) is 2.13. The van der Waals surface area contributed by atoms with Crippen LogP contribution in [0.5, 0.6) is 5.75 Å². The Bertz CT molecular complexity index is 486. The molecule has 0 atom stereocenters. The van der Waals surface area contributed by atoms with E-state index in [2.05, 4.69) is 0 Å². The molecule has 0 aliphatic heterocycles. The highest BCUT2D eigenvalue weighted by Gasteiger charge is 2.47. The van der Waals surface area contributed by atoms with Crippen molar-refractivity contribution in [3.63, 3.8) is 0 Å². The second-order valence-corrected chi connectivity index (χ2v) is 3.43. The Morgan fingerprint density at radius 3 is 1.78 bits per heavy atom. The van der Waals surface area contributed by atoms with Crippen molar-refractivity contribution in [2.24, 2.45) is 0 Å². The van der Waals surface area contributed by atoms with Crippen molar-refractivity contribution in [2.45, 2.75) is 19.3 Å². The molecule has 0 radical (unpaired) electrons. The van der Waals surface area contributed by atoms with Crippen molar-refractivity contribution in [3.05, 3.63) is 28.8 Å². The predicted octanol–water partition coefficient (Wildman–Crippen LogP) is 3.63. The minimum Gasteiger partial charge on any atom is -0.507 e. The molecule has 0 saturated heterocycles. The number of Topliss-reactive ketones (excluding diaryl/α,β-unsaturated/α-hetero) is 1. The van der Waals surface area contributed by atoms with Gasteiger partial charge in [0.25, 0.3) is 0 Å². The van der Waals surface area contributed by atoms with Crippen LogP contribution < -0.4 is 0 Å². The van der Waals surface area contributed by atoms with Crippen LogP contribution in [0.25, 0.3) is 0 Å². The molecule has 0 spiro atoms. The summed E-state index contributed by atoms with van der Waals surface area (Å²) in [5.74, 6) is -2.74. The van der Waals surface area contributed by atoms with Crippen molar-refractivity contribution in [3.8, 4) is 5.75 Å². The first-order valence-electron chi connectivity index (χ1n) is 4.47. The fraction of sp³-hybridized carbons (Fsp3) is 0.300. The Hall–Kier alpha value is -1.73. The first kappa shape index (κ1) is 14.3. The summed E-state index contributed by atoms with van der Waals surface area (Å²) in [6, 6.07) is 0.921. The van der Waals surface area contributed by atoms with E-state index in [0.29, 0.717) is 19.1 Å². The van der Waals surface area contributed by atoms with Crippen LogP contribution in [0.2, 0.25) is 0 Å². The topological polar surface area (TPSA) is 37.3 Å². The van der Waals surface area contributed by atoms with Crippen LogP contribution in [0.15, 0.2) is 12.1 Å². The Labute approximate surface area is 96.8 Å². The molecular formula is C10H6F6O2. The van der Waals surface area contributed by atoms with Gasteiger partial charge in [0.1, 0.15) is 11.3 Å². The lowest BCUT2D eigenvalue weighted by atomic mass is 9.96. The number of benzene rings is 1. The van der Waals surface area contributed by atoms with Crippen molar-refractivity contribution in [1.29, 1.82) is 0 Å². The monoisotopic (exact) mass is 272 g/mol. The van der Waals surface area contributed by atoms with Gasteiger partial charge in [-0.25, -0.2) is 0 Å². The van der Waals surface area contributed by atoms with Crippen LogP contribution >= 0.6 is 0 Å². The number of carbonyl (C=O) groups is 1. The van der Waals surface area contributed by atoms with Gasteiger partial charge in [-0.15, -0.1) is 0 Å². The summed E-state index contributed by atoms with van der Waals surface area (Å²) in [6.45, 7) is 0.710. The van der Waals surface area contributed by atoms with Gasteiger partial charge >= 0.3 is 12.4 Å². The highest BCUT2D eigenvalue weighted by atomic mass is 19.4. The molecule has 0 aliphatic rings. The molecule has 8 heteroatoms. The molecule has 0 bridgehead atoms. The van der Waals surface area contributed by atoms with E-state index in [1.54, 1.807) is 0 Å². The Morgan fingerprint density at radius 1 is 1.00 bits per heavy atom. The molecule has 100 valence electrons. The zero-order valence-corrected chi connectivity index (χ0v) is 8.78. The molecule has 1 N–H and O–H groups in total. The molecule has 2 nitrogen and oxygen atoms in total. The number of ketones is 1. The molecule has 1 aromatic carbocycles. The lowest BCUT2D eigenvalue weighted by molar-refractivity contribution is -0.163. The molecule has 0 saturated carbocycles. The van der Waals surface area contributed by atoms with E-state index in [0.717, 1.165) is 0 Å². The van der Waals surface area contributed by atoms with Crippen LogP contribution in [0, 0.1) is 0 Å². The van der Waals surface area contributed by atoms with E-state index in [9.17, 15) is 31.1 Å². The SMILES string of the molecule is CC(=O)c1ccc(O)c(C(F)(F)F)c1C(F)(F)F. The van der Waals surface area contributed by atoms with E-state index < -0.39 is 40.6 Å². The average Bonchev–Trinajstić information content (AvgIpc) is 2.13. The van der Waals surface area contributed by atoms with Crippen molar-refractivity contribution in [1.82, 2.24) is 0 Å². The average molecular weight is 272 g/mol. The van der Waals surface area contributed by atoms with E-state index in [4.69, 9.17) is 5.11 Å². The number of hydrogen-bond acceptors (Lipinski definition) is 2. The van der Waals surface area contributed by atoms with E-state index >= 15 is 0 Å². The van der Waals surface area contributed by atoms with Crippen molar-refractivity contribution >= 4 is 5.78 Å². The zero-order chi connectivity index (χ0) is 14.3. The minimum atomic E-state index is -5.42. The third kappa shape index (κ3) is 2.57. The van der Waals surface area contributed by atoms with Gasteiger partial charge in [-0.05, 0) is 19.1 Å². The first-order chi connectivity index (χ1) is 7.96. The quantitative estimate of drug-likeness (QED) is 0.626. The van der Waals surface area contributed by atoms with Gasteiger partial charge in [0.15, 0.2) is 5.78 Å². The lowest BCUT2D eigenvalue weighted by Gasteiger charge is -2.19. The fourth-order valence-corrected chi connectivity index (χ4v) is 1.47. The number of alkyl halides is 6. The molecule has 0 fully saturated rings. The molecule has 0 heterocycles. The summed E-state index contributed by atoms with van der Waals surface area (Å²) in [5, 5.41) is 8.97. The summed E-state index contributed by atoms with van der Waals surface area (Å²) < 4.78 is 75.4. The normalized spacial score (nSPS) is 12.6. The maximum atomic E-state index is 12.6. The summed E-state index contributed by atoms with van der Waals surface area (Å²) in [4.78, 5) is 11.0. The number of phenols is 1. The van der Waals surface area contributed by atoms with Gasteiger partial charge < -0.3 is 5.11 Å². The second-order valence-electron chi connectivity index (χ2n) is 3.43. The van der Waals surface area contributed by atoms with Crippen LogP contribution in [0.3, 0.4) is 0 Å². The van der Waals surface area contributed by atoms with Gasteiger partial charge in [0.2, 0.25) is 0 Å². The number of hydrogen-bond donors (Lipinski definition) is 1. The van der Waals surface area contributed by atoms with Gasteiger partial charge in [0.05, 0.1) is 5.56 Å². The summed E-state index contributed by atoms with van der Waals surface area (Å²) >= 11 is 0. The van der Waals surface area contributed by atoms with E-state index in [1.807, 2.05) is 0 Å². The molecule has 18 heavy (non-hydrogen) atoms. The number of rotatable bonds is 1. The van der Waals surface area contributed by atoms with E-state index in [-0.39, 0.29) is 0 Å². The highest BCUT2D eigenvalue weighted by molar-refractivity contribution is 5.96. The molecule has 0 unspecified atom stereocenters. The molecule has 0 aliphatic carbocycles. The van der Waals surface area contributed by atoms with Gasteiger partial charge in [-0.3, -0.25) is 4.79 Å². The minimum absolute atomic E-state index is 0.412. The number of halogens is 6. The fourth-order valence-electron chi connectivity index (χ4n) is 1.47. The maximum Gasteiger partial charge on any atom is 0.420 e. The number of carbonyl (C=O) groups excluding carboxylic acids is 1. The van der Waals surface area contributed by atoms with Crippen LogP contribution in [-0.2, 0) is 12.4 Å². The molecule has 0 aromatic heterocycles. The summed E-state index contributed by atoms with van der Waals surface area (Å²) in [6.07, 6.45) is -10.8. The van der Waals surface area contributed by atoms with Crippen molar-refractivity contribution < 1.29 is 36.2 Å². The van der Waals surface area contributed by atoms with Gasteiger partial charge in [0, 0.05) is 5.56 Å². The largest absolute Gasteiger partial charge is 0.507 e. The first-order valence-corrected chi connectivity index (χ1v) is 4.47. The van der Waals surface area contributed by atoms with Gasteiger partial charge in [-0.2, -0.15) is 26.3 Å². The maximum absolute atomic E-state index is 12.6. The van der Waals surface area contributed by atoms with E-state index in [1.165, 1.54) is 0 Å². The van der Waals surface area contributed by atoms with Crippen LogP contribution in [0.1, 0.15) is 28.4 Å².